The molecule has 0 radical (unpaired) electrons. The van der Waals surface area contributed by atoms with Crippen molar-refractivity contribution in [2.45, 2.75) is 29.6 Å². The summed E-state index contributed by atoms with van der Waals surface area (Å²) >= 11 is 7.22. The molecular weight excluding hydrogens is 425 g/mol. The van der Waals surface area contributed by atoms with E-state index in [-0.39, 0.29) is 0 Å². The van der Waals surface area contributed by atoms with Crippen LogP contribution in [0.15, 0.2) is 75.5 Å². The molecule has 3 aromatic heterocycles. The van der Waals surface area contributed by atoms with Gasteiger partial charge >= 0.3 is 0 Å². The van der Waals surface area contributed by atoms with Gasteiger partial charge in [0, 0.05) is 22.3 Å². The summed E-state index contributed by atoms with van der Waals surface area (Å²) < 4.78 is 19.2. The third kappa shape index (κ3) is 4.53. The highest BCUT2D eigenvalue weighted by Crippen LogP contribution is 2.38. The quantitative estimate of drug-likeness (QED) is 0.411. The fraction of sp³-hybridized carbons (Fsp3) is 0.136. The van der Waals surface area contributed by atoms with Gasteiger partial charge in [-0.05, 0) is 74.1 Å². The SMILES string of the molecule is CC(C)(O)c1ccc(-c2nc(-c3ccc(Cl)cc3)oc2Sc2ccc(F)cn2)cn1. The van der Waals surface area contributed by atoms with Gasteiger partial charge in [-0.1, -0.05) is 11.6 Å². The molecule has 0 bridgehead atoms. The van der Waals surface area contributed by atoms with Crippen LogP contribution < -0.4 is 0 Å². The van der Waals surface area contributed by atoms with E-state index < -0.39 is 11.4 Å². The predicted octanol–water partition coefficient (Wildman–Crippen LogP) is 5.97. The topological polar surface area (TPSA) is 72.0 Å². The van der Waals surface area contributed by atoms with E-state index in [9.17, 15) is 9.50 Å². The van der Waals surface area contributed by atoms with Crippen LogP contribution in [0.3, 0.4) is 0 Å². The number of aromatic nitrogens is 3. The van der Waals surface area contributed by atoms with Gasteiger partial charge in [-0.15, -0.1) is 0 Å². The van der Waals surface area contributed by atoms with Crippen LogP contribution in [0.1, 0.15) is 19.5 Å². The van der Waals surface area contributed by atoms with Gasteiger partial charge < -0.3 is 9.52 Å². The number of halogens is 2. The third-order valence-corrected chi connectivity index (χ3v) is 5.41. The van der Waals surface area contributed by atoms with Crippen molar-refractivity contribution in [3.63, 3.8) is 0 Å². The first-order valence-corrected chi connectivity index (χ1v) is 10.2. The molecular formula is C22H17ClFN3O2S. The van der Waals surface area contributed by atoms with E-state index >= 15 is 0 Å². The summed E-state index contributed by atoms with van der Waals surface area (Å²) in [7, 11) is 0. The number of nitrogens with zero attached hydrogens (tertiary/aromatic N) is 3. The molecule has 4 aromatic rings. The Hall–Kier alpha value is -2.74. The zero-order valence-electron chi connectivity index (χ0n) is 16.1. The predicted molar refractivity (Wildman–Crippen MR) is 114 cm³/mol. The molecule has 5 nitrogen and oxygen atoms in total. The van der Waals surface area contributed by atoms with Crippen LogP contribution in [-0.2, 0) is 5.60 Å². The van der Waals surface area contributed by atoms with E-state index in [1.807, 2.05) is 18.2 Å². The van der Waals surface area contributed by atoms with Crippen molar-refractivity contribution in [1.82, 2.24) is 15.0 Å². The van der Waals surface area contributed by atoms with Crippen LogP contribution in [0.25, 0.3) is 22.7 Å². The maximum atomic E-state index is 13.2. The lowest BCUT2D eigenvalue weighted by atomic mass is 10.0. The summed E-state index contributed by atoms with van der Waals surface area (Å²) in [6, 6.07) is 13.6. The molecule has 4 rings (SSSR count). The van der Waals surface area contributed by atoms with Gasteiger partial charge in [-0.25, -0.2) is 14.4 Å². The summed E-state index contributed by atoms with van der Waals surface area (Å²) in [5, 5.41) is 11.8. The van der Waals surface area contributed by atoms with E-state index in [4.69, 9.17) is 16.0 Å². The Morgan fingerprint density at radius 2 is 1.70 bits per heavy atom. The average molecular weight is 442 g/mol. The van der Waals surface area contributed by atoms with Gasteiger partial charge in [0.05, 0.1) is 11.9 Å². The maximum Gasteiger partial charge on any atom is 0.228 e. The Kier molecular flexibility index (Phi) is 5.60. The van der Waals surface area contributed by atoms with Crippen molar-refractivity contribution in [3.8, 4) is 22.7 Å². The Balaban J connectivity index is 1.76. The van der Waals surface area contributed by atoms with Gasteiger partial charge in [0.25, 0.3) is 0 Å². The van der Waals surface area contributed by atoms with Crippen LogP contribution in [0.5, 0.6) is 0 Å². The summed E-state index contributed by atoms with van der Waals surface area (Å²) in [5.41, 5.74) is 1.55. The van der Waals surface area contributed by atoms with Crippen LogP contribution in [-0.4, -0.2) is 20.1 Å². The molecule has 0 fully saturated rings. The lowest BCUT2D eigenvalue weighted by Gasteiger charge is -2.16. The lowest BCUT2D eigenvalue weighted by Crippen LogP contribution is -2.17. The smallest absolute Gasteiger partial charge is 0.228 e. The molecule has 0 amide bonds. The number of pyridine rings is 2. The second-order valence-corrected chi connectivity index (χ2v) is 8.50. The number of hydrogen-bond acceptors (Lipinski definition) is 6. The molecule has 0 aliphatic heterocycles. The summed E-state index contributed by atoms with van der Waals surface area (Å²) in [4.78, 5) is 13.1. The average Bonchev–Trinajstić information content (AvgIpc) is 3.13. The Morgan fingerprint density at radius 3 is 2.30 bits per heavy atom. The second kappa shape index (κ2) is 8.18. The monoisotopic (exact) mass is 441 g/mol. The fourth-order valence-electron chi connectivity index (χ4n) is 2.69. The van der Waals surface area contributed by atoms with Crippen molar-refractivity contribution in [3.05, 3.63) is 77.5 Å². The molecule has 0 saturated carbocycles. The molecule has 0 aliphatic carbocycles. The molecule has 0 atom stereocenters. The summed E-state index contributed by atoms with van der Waals surface area (Å²) in [5.74, 6) is 0.00301. The maximum absolute atomic E-state index is 13.2. The second-order valence-electron chi connectivity index (χ2n) is 7.07. The van der Waals surface area contributed by atoms with E-state index in [2.05, 4.69) is 15.0 Å². The molecule has 1 N–H and O–H groups in total. The first-order valence-electron chi connectivity index (χ1n) is 9.05. The highest BCUT2D eigenvalue weighted by atomic mass is 35.5. The van der Waals surface area contributed by atoms with Gasteiger partial charge in [-0.3, -0.25) is 4.98 Å². The van der Waals surface area contributed by atoms with E-state index in [1.54, 1.807) is 44.3 Å². The van der Waals surface area contributed by atoms with Gasteiger partial charge in [0.2, 0.25) is 5.89 Å². The molecule has 0 unspecified atom stereocenters. The summed E-state index contributed by atoms with van der Waals surface area (Å²) in [6.45, 7) is 3.34. The Labute approximate surface area is 182 Å². The minimum absolute atomic E-state index is 0.412. The highest BCUT2D eigenvalue weighted by molar-refractivity contribution is 7.99. The molecule has 0 aliphatic rings. The Bertz CT molecular complexity index is 1160. The molecule has 3 heterocycles. The van der Waals surface area contributed by atoms with Gasteiger partial charge in [0.1, 0.15) is 22.1 Å². The minimum atomic E-state index is -1.05. The van der Waals surface area contributed by atoms with E-state index in [0.717, 1.165) is 17.3 Å². The largest absolute Gasteiger partial charge is 0.429 e. The lowest BCUT2D eigenvalue weighted by molar-refractivity contribution is 0.0739. The third-order valence-electron chi connectivity index (χ3n) is 4.25. The van der Waals surface area contributed by atoms with Crippen LogP contribution in [0.4, 0.5) is 4.39 Å². The summed E-state index contributed by atoms with van der Waals surface area (Å²) in [6.07, 6.45) is 2.79. The van der Waals surface area contributed by atoms with Crippen molar-refractivity contribution in [1.29, 1.82) is 0 Å². The van der Waals surface area contributed by atoms with Crippen molar-refractivity contribution in [2.24, 2.45) is 0 Å². The molecule has 30 heavy (non-hydrogen) atoms. The molecule has 0 spiro atoms. The van der Waals surface area contributed by atoms with Crippen molar-refractivity contribution in [2.75, 3.05) is 0 Å². The molecule has 152 valence electrons. The van der Waals surface area contributed by atoms with E-state index in [1.165, 1.54) is 17.8 Å². The number of benzene rings is 1. The van der Waals surface area contributed by atoms with Gasteiger partial charge in [-0.2, -0.15) is 0 Å². The number of aliphatic hydroxyl groups is 1. The van der Waals surface area contributed by atoms with Crippen LogP contribution in [0.2, 0.25) is 5.02 Å². The van der Waals surface area contributed by atoms with Crippen molar-refractivity contribution >= 4 is 23.4 Å². The minimum Gasteiger partial charge on any atom is -0.429 e. The zero-order valence-corrected chi connectivity index (χ0v) is 17.7. The van der Waals surface area contributed by atoms with E-state index in [0.29, 0.717) is 32.4 Å². The van der Waals surface area contributed by atoms with Crippen LogP contribution in [0, 0.1) is 5.82 Å². The number of hydrogen-bond donors (Lipinski definition) is 1. The number of rotatable bonds is 5. The highest BCUT2D eigenvalue weighted by Gasteiger charge is 2.21. The number of oxazole rings is 1. The van der Waals surface area contributed by atoms with Gasteiger partial charge in [0.15, 0.2) is 5.09 Å². The fourth-order valence-corrected chi connectivity index (χ4v) is 3.63. The molecule has 8 heteroatoms. The molecule has 0 saturated heterocycles. The standard InChI is InChI=1S/C22H17ClFN3O2S/c1-22(2,28)17-9-5-14(11-25-17)19-21(30-18-10-8-16(24)12-26-18)29-20(27-19)13-3-6-15(23)7-4-13/h3-12,28H,1-2H3. The molecule has 1 aromatic carbocycles. The first-order chi connectivity index (χ1) is 14.3. The zero-order chi connectivity index (χ0) is 21.3. The van der Waals surface area contributed by atoms with Crippen LogP contribution >= 0.6 is 23.4 Å². The first kappa shape index (κ1) is 20.5. The Morgan fingerprint density at radius 1 is 0.967 bits per heavy atom. The van der Waals surface area contributed by atoms with Crippen molar-refractivity contribution < 1.29 is 13.9 Å². The normalized spacial score (nSPS) is 11.6.